The largest absolute Gasteiger partial charge is 0.389 e. The molecule has 0 aliphatic heterocycles. The maximum Gasteiger partial charge on any atom is 0.0771 e. The van der Waals surface area contributed by atoms with Gasteiger partial charge in [-0.2, -0.15) is 0 Å². The molecule has 0 amide bonds. The topological polar surface area (TPSA) is 32.3 Å². The maximum atomic E-state index is 10.9. The smallest absolute Gasteiger partial charge is 0.0771 e. The highest BCUT2D eigenvalue weighted by Crippen LogP contribution is 2.62. The van der Waals surface area contributed by atoms with Gasteiger partial charge in [0.05, 0.1) is 5.60 Å². The molecule has 0 aromatic rings. The van der Waals surface area contributed by atoms with Crippen molar-refractivity contribution in [3.63, 3.8) is 0 Å². The monoisotopic (exact) mass is 293 g/mol. The molecule has 3 aliphatic rings. The summed E-state index contributed by atoms with van der Waals surface area (Å²) in [6.45, 7) is 10.4. The predicted molar refractivity (Wildman–Crippen MR) is 88.2 cm³/mol. The highest BCUT2D eigenvalue weighted by molar-refractivity contribution is 5.12. The van der Waals surface area contributed by atoms with E-state index in [1.165, 1.54) is 38.5 Å². The van der Waals surface area contributed by atoms with Gasteiger partial charge in [-0.1, -0.05) is 34.1 Å². The van der Waals surface area contributed by atoms with E-state index in [4.69, 9.17) is 0 Å². The van der Waals surface area contributed by atoms with Crippen molar-refractivity contribution in [2.24, 2.45) is 22.7 Å². The lowest BCUT2D eigenvalue weighted by atomic mass is 9.68. The van der Waals surface area contributed by atoms with E-state index in [0.29, 0.717) is 16.9 Å². The Morgan fingerprint density at radius 2 is 1.71 bits per heavy atom. The molecule has 3 fully saturated rings. The molecule has 3 aliphatic carbocycles. The number of aliphatic hydroxyl groups is 1. The third-order valence-corrected chi connectivity index (χ3v) is 7.52. The van der Waals surface area contributed by atoms with Crippen LogP contribution in [0.25, 0.3) is 0 Å². The lowest BCUT2D eigenvalue weighted by molar-refractivity contribution is -0.0203. The third kappa shape index (κ3) is 2.67. The summed E-state index contributed by atoms with van der Waals surface area (Å²) in [6, 6.07) is 0.580. The van der Waals surface area contributed by atoms with Crippen LogP contribution in [-0.4, -0.2) is 23.3 Å². The fourth-order valence-corrected chi connectivity index (χ4v) is 5.90. The molecule has 21 heavy (non-hydrogen) atoms. The Kier molecular flexibility index (Phi) is 3.94. The van der Waals surface area contributed by atoms with Gasteiger partial charge in [0.25, 0.3) is 0 Å². The van der Waals surface area contributed by atoms with Crippen molar-refractivity contribution in [2.45, 2.75) is 90.7 Å². The minimum atomic E-state index is -0.445. The summed E-state index contributed by atoms with van der Waals surface area (Å²) in [6.07, 6.45) is 9.84. The fourth-order valence-electron chi connectivity index (χ4n) is 5.90. The lowest BCUT2D eigenvalue weighted by Crippen LogP contribution is -2.55. The van der Waals surface area contributed by atoms with Crippen molar-refractivity contribution in [1.29, 1.82) is 0 Å². The lowest BCUT2D eigenvalue weighted by Gasteiger charge is -2.45. The first-order valence-electron chi connectivity index (χ1n) is 9.25. The Balaban J connectivity index is 1.60. The van der Waals surface area contributed by atoms with Crippen LogP contribution in [0.1, 0.15) is 79.1 Å². The highest BCUT2D eigenvalue weighted by Gasteiger charge is 2.59. The van der Waals surface area contributed by atoms with Crippen LogP contribution in [0, 0.1) is 22.7 Å². The van der Waals surface area contributed by atoms with Gasteiger partial charge in [0, 0.05) is 12.6 Å². The molecule has 2 N–H and O–H groups in total. The average Bonchev–Trinajstić information content (AvgIpc) is 2.90. The van der Waals surface area contributed by atoms with Gasteiger partial charge in [-0.05, 0) is 67.6 Å². The van der Waals surface area contributed by atoms with Crippen molar-refractivity contribution in [3.05, 3.63) is 0 Å². The first-order chi connectivity index (χ1) is 9.79. The van der Waals surface area contributed by atoms with Crippen LogP contribution in [-0.2, 0) is 0 Å². The molecule has 3 saturated carbocycles. The molecule has 2 nitrogen and oxygen atoms in total. The Morgan fingerprint density at radius 3 is 2.24 bits per heavy atom. The Morgan fingerprint density at radius 1 is 1.05 bits per heavy atom. The van der Waals surface area contributed by atoms with Gasteiger partial charge in [0.1, 0.15) is 0 Å². The minimum Gasteiger partial charge on any atom is -0.389 e. The van der Waals surface area contributed by atoms with Crippen LogP contribution in [0.2, 0.25) is 0 Å². The summed E-state index contributed by atoms with van der Waals surface area (Å²) in [7, 11) is 0. The van der Waals surface area contributed by atoms with E-state index in [1.54, 1.807) is 0 Å². The first-order valence-corrected chi connectivity index (χ1v) is 9.25. The number of nitrogens with one attached hydrogen (secondary N) is 1. The number of hydrogen-bond donors (Lipinski definition) is 2. The molecule has 3 atom stereocenters. The van der Waals surface area contributed by atoms with E-state index in [1.807, 2.05) is 0 Å². The fraction of sp³-hybridized carbons (Fsp3) is 1.00. The predicted octanol–water partition coefficient (Wildman–Crippen LogP) is 4.12. The Hall–Kier alpha value is -0.0800. The van der Waals surface area contributed by atoms with Gasteiger partial charge in [-0.3, -0.25) is 0 Å². The Labute approximate surface area is 131 Å². The molecule has 3 unspecified atom stereocenters. The molecule has 2 bridgehead atoms. The molecular formula is C19H35NO. The molecule has 0 heterocycles. The van der Waals surface area contributed by atoms with Gasteiger partial charge >= 0.3 is 0 Å². The van der Waals surface area contributed by atoms with E-state index >= 15 is 0 Å². The van der Waals surface area contributed by atoms with Crippen LogP contribution in [0.15, 0.2) is 0 Å². The van der Waals surface area contributed by atoms with Crippen LogP contribution in [0.3, 0.4) is 0 Å². The van der Waals surface area contributed by atoms with E-state index < -0.39 is 5.60 Å². The summed E-state index contributed by atoms with van der Waals surface area (Å²) in [5.74, 6) is 1.73. The van der Waals surface area contributed by atoms with Gasteiger partial charge in [-0.25, -0.2) is 0 Å². The highest BCUT2D eigenvalue weighted by atomic mass is 16.3. The van der Waals surface area contributed by atoms with Crippen LogP contribution < -0.4 is 5.32 Å². The zero-order valence-corrected chi connectivity index (χ0v) is 14.5. The molecule has 122 valence electrons. The van der Waals surface area contributed by atoms with E-state index in [9.17, 15) is 5.11 Å². The molecule has 0 aromatic heterocycles. The number of fused-ring (bicyclic) bond motifs is 2. The second-order valence-corrected chi connectivity index (χ2v) is 9.30. The van der Waals surface area contributed by atoms with E-state index in [2.05, 4.69) is 33.0 Å². The first kappa shape index (κ1) is 15.8. The molecule has 0 spiro atoms. The summed E-state index contributed by atoms with van der Waals surface area (Å²) in [5, 5.41) is 14.7. The zero-order chi connectivity index (χ0) is 15.3. The third-order valence-electron chi connectivity index (χ3n) is 7.52. The molecule has 0 radical (unpaired) electrons. The second kappa shape index (κ2) is 5.23. The van der Waals surface area contributed by atoms with E-state index in [0.717, 1.165) is 31.2 Å². The minimum absolute atomic E-state index is 0.393. The van der Waals surface area contributed by atoms with Gasteiger partial charge in [0.15, 0.2) is 0 Å². The van der Waals surface area contributed by atoms with Gasteiger partial charge in [-0.15, -0.1) is 0 Å². The van der Waals surface area contributed by atoms with E-state index in [-0.39, 0.29) is 0 Å². The Bertz CT molecular complexity index is 378. The quantitative estimate of drug-likeness (QED) is 0.817. The maximum absolute atomic E-state index is 10.9. The molecule has 2 heteroatoms. The molecule has 0 saturated heterocycles. The van der Waals surface area contributed by atoms with Gasteiger partial charge in [0.2, 0.25) is 0 Å². The van der Waals surface area contributed by atoms with Gasteiger partial charge < -0.3 is 10.4 Å². The SMILES string of the molecule is CCC1CCC(O)(CNC2C3(C)CCC(C3)C2(C)C)CC1. The summed E-state index contributed by atoms with van der Waals surface area (Å²) in [4.78, 5) is 0. The normalized spacial score (nSPS) is 48.7. The van der Waals surface area contributed by atoms with Crippen molar-refractivity contribution in [1.82, 2.24) is 5.32 Å². The van der Waals surface area contributed by atoms with Crippen LogP contribution in [0.4, 0.5) is 0 Å². The van der Waals surface area contributed by atoms with Crippen molar-refractivity contribution >= 4 is 0 Å². The van der Waals surface area contributed by atoms with Crippen LogP contribution in [0.5, 0.6) is 0 Å². The summed E-state index contributed by atoms with van der Waals surface area (Å²) < 4.78 is 0. The number of rotatable bonds is 4. The summed E-state index contributed by atoms with van der Waals surface area (Å²) in [5.41, 5.74) is 0.412. The van der Waals surface area contributed by atoms with Crippen molar-refractivity contribution in [3.8, 4) is 0 Å². The molecule has 3 rings (SSSR count). The zero-order valence-electron chi connectivity index (χ0n) is 14.5. The summed E-state index contributed by atoms with van der Waals surface area (Å²) >= 11 is 0. The average molecular weight is 293 g/mol. The number of hydrogen-bond acceptors (Lipinski definition) is 2. The standard InChI is InChI=1S/C19H35NO/c1-5-14-6-10-19(21,11-7-14)13-20-16-17(2,3)15-8-9-18(16,4)12-15/h14-16,20-21H,5-13H2,1-4H3. The van der Waals surface area contributed by atoms with Crippen molar-refractivity contribution in [2.75, 3.05) is 6.54 Å². The van der Waals surface area contributed by atoms with Crippen LogP contribution >= 0.6 is 0 Å². The molecular weight excluding hydrogens is 258 g/mol. The molecule has 0 aromatic carbocycles. The second-order valence-electron chi connectivity index (χ2n) is 9.30. The van der Waals surface area contributed by atoms with Crippen molar-refractivity contribution < 1.29 is 5.11 Å².